The number of carbonyl (C=O) groups excluding carboxylic acids is 3. The SMILES string of the molecule is COC(=O)[C@H](Cc1ccc(O)cc1)NC(=O)[C@H](Cc1ccc(O)cc1)NC(C)=O. The number of ether oxygens (including phenoxy) is 1. The number of aromatic hydroxyl groups is 2. The molecule has 0 heterocycles. The summed E-state index contributed by atoms with van der Waals surface area (Å²) in [6.07, 6.45) is 0.337. The minimum Gasteiger partial charge on any atom is -0.508 e. The Labute approximate surface area is 168 Å². The van der Waals surface area contributed by atoms with E-state index in [4.69, 9.17) is 4.74 Å². The number of hydrogen-bond donors (Lipinski definition) is 4. The third-order valence-corrected chi connectivity index (χ3v) is 4.25. The summed E-state index contributed by atoms with van der Waals surface area (Å²) < 4.78 is 4.78. The maximum absolute atomic E-state index is 12.8. The summed E-state index contributed by atoms with van der Waals surface area (Å²) >= 11 is 0. The largest absolute Gasteiger partial charge is 0.508 e. The molecule has 0 bridgehead atoms. The summed E-state index contributed by atoms with van der Waals surface area (Å²) in [4.78, 5) is 36.5. The molecule has 0 aromatic heterocycles. The molecule has 2 rings (SSSR count). The number of esters is 1. The van der Waals surface area contributed by atoms with Gasteiger partial charge in [0, 0.05) is 19.8 Å². The molecule has 0 aliphatic heterocycles. The van der Waals surface area contributed by atoms with E-state index in [0.29, 0.717) is 5.56 Å². The Bertz CT molecular complexity index is 848. The molecule has 2 aromatic rings. The predicted molar refractivity (Wildman–Crippen MR) is 105 cm³/mol. The smallest absolute Gasteiger partial charge is 0.328 e. The maximum Gasteiger partial charge on any atom is 0.328 e. The lowest BCUT2D eigenvalue weighted by Crippen LogP contribution is -2.53. The van der Waals surface area contributed by atoms with Gasteiger partial charge < -0.3 is 25.6 Å². The molecule has 8 heteroatoms. The van der Waals surface area contributed by atoms with E-state index in [9.17, 15) is 24.6 Å². The Balaban J connectivity index is 2.15. The van der Waals surface area contributed by atoms with E-state index >= 15 is 0 Å². The molecule has 29 heavy (non-hydrogen) atoms. The van der Waals surface area contributed by atoms with Gasteiger partial charge in [0.2, 0.25) is 11.8 Å². The van der Waals surface area contributed by atoms with Crippen molar-refractivity contribution in [3.63, 3.8) is 0 Å². The molecule has 2 amide bonds. The van der Waals surface area contributed by atoms with Crippen molar-refractivity contribution >= 4 is 17.8 Å². The van der Waals surface area contributed by atoms with E-state index in [1.807, 2.05) is 0 Å². The maximum atomic E-state index is 12.8. The number of phenolic OH excluding ortho intramolecular Hbond substituents is 2. The van der Waals surface area contributed by atoms with Crippen LogP contribution in [-0.2, 0) is 32.0 Å². The van der Waals surface area contributed by atoms with Gasteiger partial charge in [0.25, 0.3) is 0 Å². The topological polar surface area (TPSA) is 125 Å². The highest BCUT2D eigenvalue weighted by Crippen LogP contribution is 2.13. The Hall–Kier alpha value is -3.55. The molecule has 0 fully saturated rings. The van der Waals surface area contributed by atoms with Crippen molar-refractivity contribution < 1.29 is 29.3 Å². The number of hydrogen-bond acceptors (Lipinski definition) is 6. The van der Waals surface area contributed by atoms with E-state index < -0.39 is 29.9 Å². The highest BCUT2D eigenvalue weighted by Gasteiger charge is 2.27. The van der Waals surface area contributed by atoms with Crippen molar-refractivity contribution in [2.24, 2.45) is 0 Å². The zero-order valence-electron chi connectivity index (χ0n) is 16.2. The third kappa shape index (κ3) is 6.84. The minimum absolute atomic E-state index is 0.0898. The first-order chi connectivity index (χ1) is 13.8. The van der Waals surface area contributed by atoms with Gasteiger partial charge in [-0.15, -0.1) is 0 Å². The fourth-order valence-corrected chi connectivity index (χ4v) is 2.80. The number of methoxy groups -OCH3 is 1. The molecule has 0 spiro atoms. The molecule has 0 saturated heterocycles. The normalized spacial score (nSPS) is 12.5. The molecule has 0 aliphatic carbocycles. The molecular formula is C21H24N2O6. The van der Waals surface area contributed by atoms with Crippen molar-refractivity contribution in [1.29, 1.82) is 0 Å². The van der Waals surface area contributed by atoms with Gasteiger partial charge in [-0.25, -0.2) is 4.79 Å². The van der Waals surface area contributed by atoms with Crippen LogP contribution in [0.2, 0.25) is 0 Å². The standard InChI is InChI=1S/C21H24N2O6/c1-13(24)22-18(11-14-3-7-16(25)8-4-14)20(27)23-19(21(28)29-2)12-15-5-9-17(26)10-6-15/h3-10,18-19,25-26H,11-12H2,1-2H3,(H,22,24)(H,23,27)/t18-,19-/m0/s1. The van der Waals surface area contributed by atoms with Crippen LogP contribution >= 0.6 is 0 Å². The molecule has 0 unspecified atom stereocenters. The molecule has 0 radical (unpaired) electrons. The second kappa shape index (κ2) is 10.1. The Kier molecular flexibility index (Phi) is 7.59. The Morgan fingerprint density at radius 3 is 1.69 bits per heavy atom. The predicted octanol–water partition coefficient (Wildman–Crippen LogP) is 1.05. The van der Waals surface area contributed by atoms with E-state index in [1.165, 1.54) is 38.3 Å². The van der Waals surface area contributed by atoms with Gasteiger partial charge in [0.1, 0.15) is 23.6 Å². The van der Waals surface area contributed by atoms with Gasteiger partial charge in [-0.2, -0.15) is 0 Å². The van der Waals surface area contributed by atoms with E-state index in [0.717, 1.165) is 5.56 Å². The summed E-state index contributed by atoms with van der Waals surface area (Å²) in [5.41, 5.74) is 1.44. The summed E-state index contributed by atoms with van der Waals surface area (Å²) in [5.74, 6) is -1.38. The average Bonchev–Trinajstić information content (AvgIpc) is 2.69. The van der Waals surface area contributed by atoms with Gasteiger partial charge in [-0.1, -0.05) is 24.3 Å². The average molecular weight is 400 g/mol. The minimum atomic E-state index is -0.965. The number of rotatable bonds is 8. The summed E-state index contributed by atoms with van der Waals surface area (Å²) in [5, 5.41) is 24.0. The van der Waals surface area contributed by atoms with Gasteiger partial charge in [-0.3, -0.25) is 9.59 Å². The number of phenols is 2. The van der Waals surface area contributed by atoms with E-state index in [1.54, 1.807) is 24.3 Å². The van der Waals surface area contributed by atoms with Crippen LogP contribution in [0, 0.1) is 0 Å². The van der Waals surface area contributed by atoms with Crippen LogP contribution in [-0.4, -0.2) is 47.2 Å². The van der Waals surface area contributed by atoms with Crippen LogP contribution in [0.25, 0.3) is 0 Å². The lowest BCUT2D eigenvalue weighted by molar-refractivity contribution is -0.145. The number of benzene rings is 2. The molecule has 0 saturated carbocycles. The molecule has 2 atom stereocenters. The highest BCUT2D eigenvalue weighted by molar-refractivity contribution is 5.90. The van der Waals surface area contributed by atoms with Crippen molar-refractivity contribution in [1.82, 2.24) is 10.6 Å². The molecule has 154 valence electrons. The molecule has 8 nitrogen and oxygen atoms in total. The Morgan fingerprint density at radius 1 is 0.828 bits per heavy atom. The first kappa shape index (κ1) is 21.7. The lowest BCUT2D eigenvalue weighted by atomic mass is 10.0. The summed E-state index contributed by atoms with van der Waals surface area (Å²) in [7, 11) is 1.22. The fourth-order valence-electron chi connectivity index (χ4n) is 2.80. The highest BCUT2D eigenvalue weighted by atomic mass is 16.5. The fraction of sp³-hybridized carbons (Fsp3) is 0.286. The van der Waals surface area contributed by atoms with Crippen LogP contribution in [0.1, 0.15) is 18.1 Å². The zero-order valence-corrected chi connectivity index (χ0v) is 16.2. The van der Waals surface area contributed by atoms with Crippen molar-refractivity contribution in [2.45, 2.75) is 31.8 Å². The van der Waals surface area contributed by atoms with Crippen molar-refractivity contribution in [3.8, 4) is 11.5 Å². The molecule has 2 aromatic carbocycles. The second-order valence-corrected chi connectivity index (χ2v) is 6.58. The van der Waals surface area contributed by atoms with Gasteiger partial charge in [-0.05, 0) is 35.4 Å². The van der Waals surface area contributed by atoms with Gasteiger partial charge in [0.15, 0.2) is 0 Å². The quantitative estimate of drug-likeness (QED) is 0.491. The van der Waals surface area contributed by atoms with Crippen LogP contribution in [0.4, 0.5) is 0 Å². The molecular weight excluding hydrogens is 376 g/mol. The van der Waals surface area contributed by atoms with Gasteiger partial charge >= 0.3 is 5.97 Å². The van der Waals surface area contributed by atoms with Crippen LogP contribution in [0.3, 0.4) is 0 Å². The Morgan fingerprint density at radius 2 is 1.28 bits per heavy atom. The number of nitrogens with one attached hydrogen (secondary N) is 2. The number of amides is 2. The molecule has 0 aliphatic rings. The van der Waals surface area contributed by atoms with Crippen molar-refractivity contribution in [2.75, 3.05) is 7.11 Å². The van der Waals surface area contributed by atoms with E-state index in [2.05, 4.69) is 10.6 Å². The number of carbonyl (C=O) groups is 3. The van der Waals surface area contributed by atoms with Crippen molar-refractivity contribution in [3.05, 3.63) is 59.7 Å². The lowest BCUT2D eigenvalue weighted by Gasteiger charge is -2.22. The zero-order chi connectivity index (χ0) is 21.4. The van der Waals surface area contributed by atoms with Gasteiger partial charge in [0.05, 0.1) is 7.11 Å². The van der Waals surface area contributed by atoms with E-state index in [-0.39, 0.29) is 24.3 Å². The monoisotopic (exact) mass is 400 g/mol. The van der Waals surface area contributed by atoms with Crippen LogP contribution in [0.5, 0.6) is 11.5 Å². The second-order valence-electron chi connectivity index (χ2n) is 6.58. The summed E-state index contributed by atoms with van der Waals surface area (Å²) in [6, 6.07) is 10.6. The van der Waals surface area contributed by atoms with Crippen LogP contribution < -0.4 is 10.6 Å². The first-order valence-electron chi connectivity index (χ1n) is 8.99. The van der Waals surface area contributed by atoms with Crippen LogP contribution in [0.15, 0.2) is 48.5 Å². The first-order valence-corrected chi connectivity index (χ1v) is 8.99. The third-order valence-electron chi connectivity index (χ3n) is 4.25. The summed E-state index contributed by atoms with van der Waals surface area (Å²) in [6.45, 7) is 1.30. The molecule has 4 N–H and O–H groups in total.